The van der Waals surface area contributed by atoms with Crippen molar-refractivity contribution in [1.29, 1.82) is 0 Å². The third-order valence-electron chi connectivity index (χ3n) is 3.40. The lowest BCUT2D eigenvalue weighted by Crippen LogP contribution is -2.30. The highest BCUT2D eigenvalue weighted by atomic mass is 19.1. The number of carboxylic acid groups (broad SMARTS) is 1. The van der Waals surface area contributed by atoms with Crippen LogP contribution in [0.2, 0.25) is 0 Å². The van der Waals surface area contributed by atoms with E-state index in [1.807, 2.05) is 0 Å². The number of hydrogen-bond acceptors (Lipinski definition) is 1. The zero-order valence-corrected chi connectivity index (χ0v) is 6.92. The minimum Gasteiger partial charge on any atom is -0.481 e. The van der Waals surface area contributed by atoms with E-state index in [1.54, 1.807) is 0 Å². The molecule has 68 valence electrons. The zero-order valence-electron chi connectivity index (χ0n) is 6.92. The molecule has 0 spiro atoms. The quantitative estimate of drug-likeness (QED) is 0.705. The molecule has 0 bridgehead atoms. The van der Waals surface area contributed by atoms with Crippen LogP contribution in [0.4, 0.5) is 4.39 Å². The Balaban J connectivity index is 2.08. The molecule has 0 heterocycles. The Hall–Kier alpha value is -0.600. The topological polar surface area (TPSA) is 37.3 Å². The second kappa shape index (κ2) is 2.44. The molecule has 2 unspecified atom stereocenters. The highest BCUT2D eigenvalue weighted by molar-refractivity contribution is 5.75. The van der Waals surface area contributed by atoms with Crippen LogP contribution >= 0.6 is 0 Å². The summed E-state index contributed by atoms with van der Waals surface area (Å²) in [6, 6.07) is 0. The van der Waals surface area contributed by atoms with Crippen molar-refractivity contribution in [2.75, 3.05) is 6.67 Å². The summed E-state index contributed by atoms with van der Waals surface area (Å²) in [4.78, 5) is 10.9. The van der Waals surface area contributed by atoms with Gasteiger partial charge in [-0.2, -0.15) is 0 Å². The molecule has 2 fully saturated rings. The van der Waals surface area contributed by atoms with E-state index in [0.717, 1.165) is 12.8 Å². The van der Waals surface area contributed by atoms with Crippen molar-refractivity contribution in [3.05, 3.63) is 0 Å². The fourth-order valence-corrected chi connectivity index (χ4v) is 2.56. The smallest absolute Gasteiger partial charge is 0.309 e. The van der Waals surface area contributed by atoms with Gasteiger partial charge in [0.1, 0.15) is 0 Å². The first-order chi connectivity index (χ1) is 5.68. The lowest BCUT2D eigenvalue weighted by molar-refractivity contribution is -0.150. The molecule has 2 saturated carbocycles. The Morgan fingerprint density at radius 1 is 1.50 bits per heavy atom. The van der Waals surface area contributed by atoms with Crippen LogP contribution < -0.4 is 0 Å². The SMILES string of the molecule is O=C(O)C1(CCF)CC2CC2C1. The highest BCUT2D eigenvalue weighted by Crippen LogP contribution is 2.61. The molecule has 1 N–H and O–H groups in total. The van der Waals surface area contributed by atoms with Crippen molar-refractivity contribution in [1.82, 2.24) is 0 Å². The minimum absolute atomic E-state index is 0.218. The van der Waals surface area contributed by atoms with Gasteiger partial charge in [0.2, 0.25) is 0 Å². The van der Waals surface area contributed by atoms with Crippen molar-refractivity contribution in [2.45, 2.75) is 25.7 Å². The molecule has 0 saturated heterocycles. The molecule has 0 aromatic heterocycles. The monoisotopic (exact) mass is 172 g/mol. The van der Waals surface area contributed by atoms with Crippen LogP contribution in [0.1, 0.15) is 25.7 Å². The summed E-state index contributed by atoms with van der Waals surface area (Å²) in [5.74, 6) is 0.424. The fraction of sp³-hybridized carbons (Fsp3) is 0.889. The molecule has 2 nitrogen and oxygen atoms in total. The molecule has 2 rings (SSSR count). The molecular formula is C9H13FO2. The van der Waals surface area contributed by atoms with Crippen molar-refractivity contribution in [3.8, 4) is 0 Å². The molecule has 2 atom stereocenters. The van der Waals surface area contributed by atoms with Crippen LogP contribution in [0.15, 0.2) is 0 Å². The Bertz CT molecular complexity index is 205. The number of halogens is 1. The molecule has 3 heteroatoms. The molecule has 0 aliphatic heterocycles. The van der Waals surface area contributed by atoms with Gasteiger partial charge < -0.3 is 5.11 Å². The summed E-state index contributed by atoms with van der Waals surface area (Å²) >= 11 is 0. The maximum absolute atomic E-state index is 12.1. The van der Waals surface area contributed by atoms with Gasteiger partial charge in [0, 0.05) is 0 Å². The summed E-state index contributed by atoms with van der Waals surface area (Å²) in [6.45, 7) is -0.494. The molecule has 2 aliphatic rings. The normalized spacial score (nSPS) is 44.1. The first-order valence-electron chi connectivity index (χ1n) is 4.47. The van der Waals surface area contributed by atoms with Crippen molar-refractivity contribution < 1.29 is 14.3 Å². The molecule has 0 aromatic carbocycles. The Morgan fingerprint density at radius 3 is 2.50 bits per heavy atom. The minimum atomic E-state index is -0.785. The standard InChI is InChI=1S/C9H13FO2/c10-2-1-9(8(11)12)4-6-3-7(6)5-9/h6-7H,1-5H2,(H,11,12). The van der Waals surface area contributed by atoms with E-state index in [1.165, 1.54) is 6.42 Å². The number of carbonyl (C=O) groups is 1. The average molecular weight is 172 g/mol. The Morgan fingerprint density at radius 2 is 2.08 bits per heavy atom. The van der Waals surface area contributed by atoms with Gasteiger partial charge >= 0.3 is 5.97 Å². The van der Waals surface area contributed by atoms with Gasteiger partial charge in [-0.3, -0.25) is 9.18 Å². The van der Waals surface area contributed by atoms with E-state index in [-0.39, 0.29) is 6.42 Å². The first-order valence-corrected chi connectivity index (χ1v) is 4.47. The van der Waals surface area contributed by atoms with E-state index in [2.05, 4.69) is 0 Å². The van der Waals surface area contributed by atoms with E-state index < -0.39 is 18.1 Å². The second-order valence-corrected chi connectivity index (χ2v) is 4.19. The van der Waals surface area contributed by atoms with E-state index in [9.17, 15) is 9.18 Å². The maximum Gasteiger partial charge on any atom is 0.309 e. The largest absolute Gasteiger partial charge is 0.481 e. The maximum atomic E-state index is 12.1. The van der Waals surface area contributed by atoms with Gasteiger partial charge in [0.25, 0.3) is 0 Å². The lowest BCUT2D eigenvalue weighted by Gasteiger charge is -2.24. The van der Waals surface area contributed by atoms with Gasteiger partial charge in [0.05, 0.1) is 12.1 Å². The van der Waals surface area contributed by atoms with Crippen LogP contribution in [0, 0.1) is 17.3 Å². The van der Waals surface area contributed by atoms with E-state index >= 15 is 0 Å². The van der Waals surface area contributed by atoms with Gasteiger partial charge in [-0.15, -0.1) is 0 Å². The van der Waals surface area contributed by atoms with Crippen LogP contribution in [0.25, 0.3) is 0 Å². The molecule has 0 amide bonds. The second-order valence-electron chi connectivity index (χ2n) is 4.19. The van der Waals surface area contributed by atoms with Gasteiger partial charge in [-0.25, -0.2) is 0 Å². The molecule has 12 heavy (non-hydrogen) atoms. The predicted molar refractivity (Wildman–Crippen MR) is 41.5 cm³/mol. The summed E-state index contributed by atoms with van der Waals surface area (Å²) in [5, 5.41) is 8.97. The first kappa shape index (κ1) is 8.02. The van der Waals surface area contributed by atoms with E-state index in [0.29, 0.717) is 11.8 Å². The predicted octanol–water partition coefficient (Wildman–Crippen LogP) is 1.85. The van der Waals surface area contributed by atoms with Crippen LogP contribution in [-0.4, -0.2) is 17.8 Å². The lowest BCUT2D eigenvalue weighted by atomic mass is 9.80. The van der Waals surface area contributed by atoms with Crippen LogP contribution in [-0.2, 0) is 4.79 Å². The number of fused-ring (bicyclic) bond motifs is 1. The number of hydrogen-bond donors (Lipinski definition) is 1. The third-order valence-corrected chi connectivity index (χ3v) is 3.40. The summed E-state index contributed by atoms with van der Waals surface area (Å²) < 4.78 is 12.1. The highest BCUT2D eigenvalue weighted by Gasteiger charge is 2.57. The number of aliphatic carboxylic acids is 1. The van der Waals surface area contributed by atoms with Gasteiger partial charge in [-0.1, -0.05) is 0 Å². The van der Waals surface area contributed by atoms with Crippen molar-refractivity contribution in [2.24, 2.45) is 17.3 Å². The molecular weight excluding hydrogens is 159 g/mol. The van der Waals surface area contributed by atoms with Crippen LogP contribution in [0.3, 0.4) is 0 Å². The average Bonchev–Trinajstić information content (AvgIpc) is 2.60. The third kappa shape index (κ3) is 1.03. The van der Waals surface area contributed by atoms with Gasteiger partial charge in [0.15, 0.2) is 0 Å². The number of alkyl halides is 1. The summed E-state index contributed by atoms with van der Waals surface area (Å²) in [7, 11) is 0. The molecule has 0 radical (unpaired) electrons. The number of carboxylic acids is 1. The summed E-state index contributed by atoms with van der Waals surface area (Å²) in [6.07, 6.45) is 2.84. The molecule has 0 aromatic rings. The van der Waals surface area contributed by atoms with E-state index in [4.69, 9.17) is 5.11 Å². The Labute approximate surface area is 70.8 Å². The van der Waals surface area contributed by atoms with Crippen molar-refractivity contribution >= 4 is 5.97 Å². The van der Waals surface area contributed by atoms with Crippen molar-refractivity contribution in [3.63, 3.8) is 0 Å². The zero-order chi connectivity index (χ0) is 8.77. The summed E-state index contributed by atoms with van der Waals surface area (Å²) in [5.41, 5.74) is -0.692. The van der Waals surface area contributed by atoms with Gasteiger partial charge in [-0.05, 0) is 37.5 Å². The van der Waals surface area contributed by atoms with Crippen LogP contribution in [0.5, 0.6) is 0 Å². The molecule has 2 aliphatic carbocycles. The fourth-order valence-electron chi connectivity index (χ4n) is 2.56. The number of rotatable bonds is 3. The Kier molecular flexibility index (Phi) is 1.63.